The fourth-order valence-electron chi connectivity index (χ4n) is 1.82. The second-order valence-electron chi connectivity index (χ2n) is 5.09. The molecule has 5 heteroatoms. The summed E-state index contributed by atoms with van der Waals surface area (Å²) in [7, 11) is 1.56. The summed E-state index contributed by atoms with van der Waals surface area (Å²) in [6, 6.07) is 0. The third kappa shape index (κ3) is 2.85. The van der Waals surface area contributed by atoms with Crippen molar-refractivity contribution in [3.63, 3.8) is 0 Å². The van der Waals surface area contributed by atoms with Gasteiger partial charge in [0.25, 0.3) is 5.56 Å². The summed E-state index contributed by atoms with van der Waals surface area (Å²) < 4.78 is 5.34. The number of nitrogens with one attached hydrogen (secondary N) is 1. The Labute approximate surface area is 101 Å². The lowest BCUT2D eigenvalue weighted by molar-refractivity contribution is 0.00805. The fourth-order valence-corrected chi connectivity index (χ4v) is 1.82. The first-order chi connectivity index (χ1) is 7.81. The van der Waals surface area contributed by atoms with E-state index in [1.807, 2.05) is 20.8 Å². The van der Waals surface area contributed by atoms with Gasteiger partial charge in [-0.2, -0.15) is 4.98 Å². The van der Waals surface area contributed by atoms with Gasteiger partial charge in [0.05, 0.1) is 5.56 Å². The van der Waals surface area contributed by atoms with Crippen molar-refractivity contribution < 1.29 is 9.84 Å². The molecule has 96 valence electrons. The highest BCUT2D eigenvalue weighted by atomic mass is 16.5. The smallest absolute Gasteiger partial charge is 0.257 e. The number of aromatic amines is 1. The number of nitrogens with zero attached hydrogens (tertiary/aromatic N) is 1. The Morgan fingerprint density at radius 2 is 2.06 bits per heavy atom. The average molecular weight is 240 g/mol. The number of ether oxygens (including phenoxy) is 1. The normalized spacial score (nSPS) is 13.7. The van der Waals surface area contributed by atoms with E-state index in [4.69, 9.17) is 4.74 Å². The van der Waals surface area contributed by atoms with Gasteiger partial charge in [-0.05, 0) is 11.8 Å². The SMILES string of the molecule is CCc1c(O)nc(C(OC)C(C)(C)C)[nH]c1=O. The van der Waals surface area contributed by atoms with Gasteiger partial charge >= 0.3 is 0 Å². The fraction of sp³-hybridized carbons (Fsp3) is 0.667. The van der Waals surface area contributed by atoms with E-state index in [0.29, 0.717) is 17.8 Å². The highest BCUT2D eigenvalue weighted by molar-refractivity contribution is 5.23. The molecule has 0 radical (unpaired) electrons. The molecule has 1 unspecified atom stereocenters. The van der Waals surface area contributed by atoms with E-state index in [9.17, 15) is 9.90 Å². The topological polar surface area (TPSA) is 75.2 Å². The molecule has 1 aromatic rings. The Morgan fingerprint density at radius 1 is 1.47 bits per heavy atom. The molecule has 0 saturated carbocycles. The van der Waals surface area contributed by atoms with E-state index in [-0.39, 0.29) is 23.0 Å². The Bertz CT molecular complexity index is 446. The zero-order valence-electron chi connectivity index (χ0n) is 11.0. The van der Waals surface area contributed by atoms with E-state index < -0.39 is 0 Å². The number of aromatic nitrogens is 2. The van der Waals surface area contributed by atoms with E-state index in [0.717, 1.165) is 0 Å². The summed E-state index contributed by atoms with van der Waals surface area (Å²) in [5.74, 6) is 0.150. The predicted octanol–water partition coefficient (Wildman–Crippen LogP) is 1.77. The molecule has 0 saturated heterocycles. The van der Waals surface area contributed by atoms with Gasteiger partial charge in [0.1, 0.15) is 11.9 Å². The molecular weight excluding hydrogens is 220 g/mol. The molecular formula is C12H20N2O3. The zero-order valence-corrected chi connectivity index (χ0v) is 11.0. The van der Waals surface area contributed by atoms with Crippen LogP contribution in [0.2, 0.25) is 0 Å². The van der Waals surface area contributed by atoms with Gasteiger partial charge in [0, 0.05) is 7.11 Å². The van der Waals surface area contributed by atoms with Crippen LogP contribution >= 0.6 is 0 Å². The molecule has 2 N–H and O–H groups in total. The first-order valence-electron chi connectivity index (χ1n) is 5.66. The van der Waals surface area contributed by atoms with Crippen molar-refractivity contribution in [1.82, 2.24) is 9.97 Å². The number of hydrogen-bond donors (Lipinski definition) is 2. The Hall–Kier alpha value is -1.36. The third-order valence-electron chi connectivity index (χ3n) is 2.64. The van der Waals surface area contributed by atoms with Crippen molar-refractivity contribution in [2.24, 2.45) is 5.41 Å². The largest absolute Gasteiger partial charge is 0.493 e. The summed E-state index contributed by atoms with van der Waals surface area (Å²) in [5, 5.41) is 9.70. The Balaban J connectivity index is 3.29. The molecule has 1 aromatic heterocycles. The predicted molar refractivity (Wildman–Crippen MR) is 65.1 cm³/mol. The molecule has 17 heavy (non-hydrogen) atoms. The van der Waals surface area contributed by atoms with E-state index >= 15 is 0 Å². The summed E-state index contributed by atoms with van der Waals surface area (Å²) >= 11 is 0. The minimum atomic E-state index is -0.369. The summed E-state index contributed by atoms with van der Waals surface area (Å²) in [4.78, 5) is 18.4. The van der Waals surface area contributed by atoms with Crippen molar-refractivity contribution in [2.75, 3.05) is 7.11 Å². The van der Waals surface area contributed by atoms with Gasteiger partial charge < -0.3 is 14.8 Å². The quantitative estimate of drug-likeness (QED) is 0.844. The highest BCUT2D eigenvalue weighted by Gasteiger charge is 2.29. The van der Waals surface area contributed by atoms with Gasteiger partial charge in [-0.15, -0.1) is 0 Å². The van der Waals surface area contributed by atoms with Crippen molar-refractivity contribution in [3.8, 4) is 5.88 Å². The van der Waals surface area contributed by atoms with Crippen LogP contribution in [0.3, 0.4) is 0 Å². The van der Waals surface area contributed by atoms with E-state index in [1.165, 1.54) is 0 Å². The lowest BCUT2D eigenvalue weighted by atomic mass is 9.88. The van der Waals surface area contributed by atoms with E-state index in [2.05, 4.69) is 9.97 Å². The van der Waals surface area contributed by atoms with Crippen LogP contribution in [0.1, 0.15) is 45.2 Å². The van der Waals surface area contributed by atoms with Crippen molar-refractivity contribution >= 4 is 0 Å². The molecule has 0 fully saturated rings. The molecule has 0 aliphatic rings. The van der Waals surface area contributed by atoms with Gasteiger partial charge in [-0.3, -0.25) is 4.79 Å². The van der Waals surface area contributed by atoms with Crippen molar-refractivity contribution in [2.45, 2.75) is 40.2 Å². The van der Waals surface area contributed by atoms with Crippen LogP contribution in [0.4, 0.5) is 0 Å². The van der Waals surface area contributed by atoms with Gasteiger partial charge in [0.15, 0.2) is 0 Å². The molecule has 0 amide bonds. The van der Waals surface area contributed by atoms with Crippen molar-refractivity contribution in [1.29, 1.82) is 0 Å². The molecule has 0 aromatic carbocycles. The maximum absolute atomic E-state index is 11.7. The van der Waals surface area contributed by atoms with Gasteiger partial charge in [-0.25, -0.2) is 0 Å². The molecule has 0 spiro atoms. The zero-order chi connectivity index (χ0) is 13.2. The first kappa shape index (κ1) is 13.7. The molecule has 1 heterocycles. The third-order valence-corrected chi connectivity index (χ3v) is 2.64. The minimum absolute atomic E-state index is 0.211. The standard InChI is InChI=1S/C12H20N2O3/c1-6-7-10(15)13-9(14-11(7)16)8(17-5)12(2,3)4/h8H,6H2,1-5H3,(H2,13,14,15,16). The Morgan fingerprint density at radius 3 is 2.41 bits per heavy atom. The maximum atomic E-state index is 11.7. The van der Waals surface area contributed by atoms with Crippen LogP contribution in [0.15, 0.2) is 4.79 Å². The summed E-state index contributed by atoms with van der Waals surface area (Å²) in [5.41, 5.74) is -0.218. The minimum Gasteiger partial charge on any atom is -0.493 e. The molecule has 0 aliphatic carbocycles. The number of hydrogen-bond acceptors (Lipinski definition) is 4. The van der Waals surface area contributed by atoms with Crippen LogP contribution in [-0.2, 0) is 11.2 Å². The lowest BCUT2D eigenvalue weighted by Crippen LogP contribution is -2.26. The van der Waals surface area contributed by atoms with Crippen LogP contribution in [0, 0.1) is 5.41 Å². The average Bonchev–Trinajstić information content (AvgIpc) is 2.15. The summed E-state index contributed by atoms with van der Waals surface area (Å²) in [6.07, 6.45) is 0.0775. The van der Waals surface area contributed by atoms with Gasteiger partial charge in [-0.1, -0.05) is 27.7 Å². The lowest BCUT2D eigenvalue weighted by Gasteiger charge is -2.28. The number of methoxy groups -OCH3 is 1. The van der Waals surface area contributed by atoms with Gasteiger partial charge in [0.2, 0.25) is 5.88 Å². The number of rotatable bonds is 3. The van der Waals surface area contributed by atoms with Crippen LogP contribution < -0.4 is 5.56 Å². The molecule has 0 bridgehead atoms. The first-order valence-corrected chi connectivity index (χ1v) is 5.66. The molecule has 1 atom stereocenters. The van der Waals surface area contributed by atoms with Crippen LogP contribution in [0.25, 0.3) is 0 Å². The van der Waals surface area contributed by atoms with Crippen LogP contribution in [0.5, 0.6) is 5.88 Å². The second kappa shape index (κ2) is 4.87. The Kier molecular flexibility index (Phi) is 3.93. The van der Waals surface area contributed by atoms with Crippen LogP contribution in [-0.4, -0.2) is 22.2 Å². The molecule has 0 aliphatic heterocycles. The maximum Gasteiger partial charge on any atom is 0.257 e. The molecule has 1 rings (SSSR count). The molecule has 5 nitrogen and oxygen atoms in total. The number of aromatic hydroxyl groups is 1. The van der Waals surface area contributed by atoms with Crippen molar-refractivity contribution in [3.05, 3.63) is 21.7 Å². The summed E-state index contributed by atoms with van der Waals surface area (Å²) in [6.45, 7) is 7.73. The second-order valence-corrected chi connectivity index (χ2v) is 5.09. The number of H-pyrrole nitrogens is 1. The monoisotopic (exact) mass is 240 g/mol. The highest BCUT2D eigenvalue weighted by Crippen LogP contribution is 2.33. The van der Waals surface area contributed by atoms with E-state index in [1.54, 1.807) is 14.0 Å².